The maximum absolute atomic E-state index is 12.2. The van der Waals surface area contributed by atoms with Crippen LogP contribution in [0.4, 0.5) is 4.79 Å². The quantitative estimate of drug-likeness (QED) is 0.584. The molecule has 1 heterocycles. The van der Waals surface area contributed by atoms with E-state index in [-0.39, 0.29) is 18.4 Å². The van der Waals surface area contributed by atoms with Crippen molar-refractivity contribution in [3.05, 3.63) is 35.9 Å². The molecule has 1 aliphatic heterocycles. The van der Waals surface area contributed by atoms with Crippen LogP contribution < -0.4 is 10.6 Å². The first kappa shape index (κ1) is 16.0. The minimum absolute atomic E-state index is 0.223. The molecule has 0 aliphatic carbocycles. The summed E-state index contributed by atoms with van der Waals surface area (Å²) in [4.78, 5) is 36.8. The molecule has 6 nitrogen and oxygen atoms in total. The number of nitrogens with zero attached hydrogens (tertiary/aromatic N) is 1. The molecular formula is C16H21N3O3. The van der Waals surface area contributed by atoms with E-state index in [0.717, 1.165) is 23.3 Å². The lowest BCUT2D eigenvalue weighted by Gasteiger charge is -2.13. The fourth-order valence-corrected chi connectivity index (χ4v) is 2.32. The van der Waals surface area contributed by atoms with Gasteiger partial charge in [0.1, 0.15) is 12.6 Å². The van der Waals surface area contributed by atoms with Gasteiger partial charge in [-0.3, -0.25) is 14.5 Å². The summed E-state index contributed by atoms with van der Waals surface area (Å²) in [5.74, 6) is -0.656. The lowest BCUT2D eigenvalue weighted by molar-refractivity contribution is -0.132. The van der Waals surface area contributed by atoms with Crippen molar-refractivity contribution in [3.63, 3.8) is 0 Å². The van der Waals surface area contributed by atoms with E-state index >= 15 is 0 Å². The summed E-state index contributed by atoms with van der Waals surface area (Å²) in [6, 6.07) is 8.37. The van der Waals surface area contributed by atoms with Crippen molar-refractivity contribution < 1.29 is 14.4 Å². The molecule has 1 fully saturated rings. The number of benzene rings is 1. The molecule has 118 valence electrons. The van der Waals surface area contributed by atoms with Gasteiger partial charge in [-0.15, -0.1) is 0 Å². The first-order valence-corrected chi connectivity index (χ1v) is 7.54. The van der Waals surface area contributed by atoms with Crippen molar-refractivity contribution in [1.29, 1.82) is 0 Å². The first-order valence-electron chi connectivity index (χ1n) is 7.54. The highest BCUT2D eigenvalue weighted by atomic mass is 16.2. The largest absolute Gasteiger partial charge is 0.355 e. The number of hydrogen-bond donors (Lipinski definition) is 2. The minimum Gasteiger partial charge on any atom is -0.355 e. The average Bonchev–Trinajstić information content (AvgIpc) is 2.76. The van der Waals surface area contributed by atoms with Crippen LogP contribution in [0.25, 0.3) is 0 Å². The molecule has 4 amide bonds. The number of nitrogens with one attached hydrogen (secondary N) is 2. The fourth-order valence-electron chi connectivity index (χ4n) is 2.32. The predicted octanol–water partition coefficient (Wildman–Crippen LogP) is 1.07. The van der Waals surface area contributed by atoms with E-state index in [1.165, 1.54) is 0 Å². The van der Waals surface area contributed by atoms with Crippen molar-refractivity contribution in [2.24, 2.45) is 0 Å². The summed E-state index contributed by atoms with van der Waals surface area (Å²) in [6.07, 6.45) is 2.28. The number of carbonyl (C=O) groups is 3. The second-order valence-electron chi connectivity index (χ2n) is 5.32. The van der Waals surface area contributed by atoms with Gasteiger partial charge in [0.15, 0.2) is 0 Å². The predicted molar refractivity (Wildman–Crippen MR) is 82.1 cm³/mol. The van der Waals surface area contributed by atoms with Gasteiger partial charge in [-0.25, -0.2) is 4.79 Å². The Labute approximate surface area is 129 Å². The Morgan fingerprint density at radius 2 is 2.00 bits per heavy atom. The first-order chi connectivity index (χ1) is 10.6. The molecular weight excluding hydrogens is 282 g/mol. The van der Waals surface area contributed by atoms with Gasteiger partial charge in [-0.05, 0) is 12.0 Å². The molecule has 1 atom stereocenters. The van der Waals surface area contributed by atoms with Crippen LogP contribution in [0.1, 0.15) is 25.3 Å². The van der Waals surface area contributed by atoms with Crippen LogP contribution in [-0.4, -0.2) is 41.9 Å². The molecule has 0 radical (unpaired) electrons. The molecule has 1 aromatic carbocycles. The van der Waals surface area contributed by atoms with Gasteiger partial charge >= 0.3 is 6.03 Å². The summed E-state index contributed by atoms with van der Waals surface area (Å²) in [5.41, 5.74) is 0.968. The molecule has 0 unspecified atom stereocenters. The SMILES string of the molecule is CCCCNC(=O)CN1C(=O)N[C@@H](Cc2ccccc2)C1=O. The van der Waals surface area contributed by atoms with Crippen molar-refractivity contribution in [1.82, 2.24) is 15.5 Å². The van der Waals surface area contributed by atoms with E-state index < -0.39 is 12.1 Å². The zero-order valence-corrected chi connectivity index (χ0v) is 12.7. The van der Waals surface area contributed by atoms with Gasteiger partial charge in [-0.2, -0.15) is 0 Å². The van der Waals surface area contributed by atoms with Crippen LogP contribution in [0, 0.1) is 0 Å². The smallest absolute Gasteiger partial charge is 0.325 e. The lowest BCUT2D eigenvalue weighted by atomic mass is 10.1. The third-order valence-electron chi connectivity index (χ3n) is 3.54. The van der Waals surface area contributed by atoms with Gasteiger partial charge < -0.3 is 10.6 Å². The highest BCUT2D eigenvalue weighted by molar-refractivity contribution is 6.06. The fraction of sp³-hybridized carbons (Fsp3) is 0.438. The van der Waals surface area contributed by atoms with E-state index in [2.05, 4.69) is 10.6 Å². The number of urea groups is 1. The van der Waals surface area contributed by atoms with Crippen LogP contribution in [0.5, 0.6) is 0 Å². The third kappa shape index (κ3) is 4.07. The number of rotatable bonds is 7. The van der Waals surface area contributed by atoms with Crippen LogP contribution in [0.3, 0.4) is 0 Å². The van der Waals surface area contributed by atoms with Crippen molar-refractivity contribution in [2.75, 3.05) is 13.1 Å². The summed E-state index contributed by atoms with van der Waals surface area (Å²) in [5, 5.41) is 5.34. The average molecular weight is 303 g/mol. The molecule has 0 saturated carbocycles. The van der Waals surface area contributed by atoms with E-state index in [4.69, 9.17) is 0 Å². The van der Waals surface area contributed by atoms with E-state index in [0.29, 0.717) is 13.0 Å². The van der Waals surface area contributed by atoms with E-state index in [9.17, 15) is 14.4 Å². The molecule has 1 aliphatic rings. The Balaban J connectivity index is 1.90. The highest BCUT2D eigenvalue weighted by Crippen LogP contribution is 2.11. The number of amides is 4. The number of hydrogen-bond acceptors (Lipinski definition) is 3. The maximum Gasteiger partial charge on any atom is 0.325 e. The Morgan fingerprint density at radius 1 is 1.27 bits per heavy atom. The summed E-state index contributed by atoms with van der Waals surface area (Å²) >= 11 is 0. The minimum atomic E-state index is -0.599. The van der Waals surface area contributed by atoms with Crippen LogP contribution in [0.15, 0.2) is 30.3 Å². The van der Waals surface area contributed by atoms with E-state index in [1.54, 1.807) is 0 Å². The summed E-state index contributed by atoms with van der Waals surface area (Å²) in [7, 11) is 0. The van der Waals surface area contributed by atoms with Gasteiger partial charge in [0.25, 0.3) is 5.91 Å². The second kappa shape index (κ2) is 7.59. The Hall–Kier alpha value is -2.37. The maximum atomic E-state index is 12.2. The molecule has 0 aromatic heterocycles. The number of carbonyl (C=O) groups excluding carboxylic acids is 3. The van der Waals surface area contributed by atoms with Crippen molar-refractivity contribution in [3.8, 4) is 0 Å². The monoisotopic (exact) mass is 303 g/mol. The molecule has 1 aromatic rings. The molecule has 6 heteroatoms. The van der Waals surface area contributed by atoms with Gasteiger partial charge in [0.2, 0.25) is 5.91 Å². The topological polar surface area (TPSA) is 78.5 Å². The van der Waals surface area contributed by atoms with Gasteiger partial charge in [-0.1, -0.05) is 43.7 Å². The van der Waals surface area contributed by atoms with Crippen LogP contribution in [0.2, 0.25) is 0 Å². The lowest BCUT2D eigenvalue weighted by Crippen LogP contribution is -2.41. The Morgan fingerprint density at radius 3 is 2.68 bits per heavy atom. The second-order valence-corrected chi connectivity index (χ2v) is 5.32. The standard InChI is InChI=1S/C16H21N3O3/c1-2-3-9-17-14(20)11-19-15(21)13(18-16(19)22)10-12-7-5-4-6-8-12/h4-8,13H,2-3,9-11H2,1H3,(H,17,20)(H,18,22)/t13-/m0/s1. The molecule has 2 N–H and O–H groups in total. The normalized spacial score (nSPS) is 17.5. The molecule has 2 rings (SSSR count). The van der Waals surface area contributed by atoms with Gasteiger partial charge in [0, 0.05) is 13.0 Å². The molecule has 0 bridgehead atoms. The number of imide groups is 1. The zero-order chi connectivity index (χ0) is 15.9. The molecule has 1 saturated heterocycles. The van der Waals surface area contributed by atoms with Crippen LogP contribution in [-0.2, 0) is 16.0 Å². The Kier molecular flexibility index (Phi) is 5.52. The molecule has 22 heavy (non-hydrogen) atoms. The third-order valence-corrected chi connectivity index (χ3v) is 3.54. The van der Waals surface area contributed by atoms with E-state index in [1.807, 2.05) is 37.3 Å². The zero-order valence-electron chi connectivity index (χ0n) is 12.7. The van der Waals surface area contributed by atoms with Crippen molar-refractivity contribution >= 4 is 17.8 Å². The highest BCUT2D eigenvalue weighted by Gasteiger charge is 2.38. The van der Waals surface area contributed by atoms with Gasteiger partial charge in [0.05, 0.1) is 0 Å². The number of unbranched alkanes of at least 4 members (excludes halogenated alkanes) is 1. The Bertz CT molecular complexity index is 545. The summed E-state index contributed by atoms with van der Waals surface area (Å²) < 4.78 is 0. The van der Waals surface area contributed by atoms with Crippen molar-refractivity contribution in [2.45, 2.75) is 32.2 Å². The molecule has 0 spiro atoms. The van der Waals surface area contributed by atoms with Crippen LogP contribution >= 0.6 is 0 Å². The summed E-state index contributed by atoms with van der Waals surface area (Å²) in [6.45, 7) is 2.36.